The van der Waals surface area contributed by atoms with Gasteiger partial charge in [-0.25, -0.2) is 0 Å². The van der Waals surface area contributed by atoms with Crippen LogP contribution in [0.1, 0.15) is 43.2 Å². The van der Waals surface area contributed by atoms with E-state index in [1.807, 2.05) is 0 Å². The molecule has 1 heterocycles. The summed E-state index contributed by atoms with van der Waals surface area (Å²) in [6.07, 6.45) is 8.22. The lowest BCUT2D eigenvalue weighted by atomic mass is 9.52. The number of hydrogen-bond acceptors (Lipinski definition) is 4. The maximum Gasteiger partial charge on any atom is 0.119 e. The van der Waals surface area contributed by atoms with E-state index in [1.54, 1.807) is 18.2 Å². The summed E-state index contributed by atoms with van der Waals surface area (Å²) in [7, 11) is 4.12. The van der Waals surface area contributed by atoms with Gasteiger partial charge < -0.3 is 21.1 Å². The number of nitrogens with zero attached hydrogens (tertiary/aromatic N) is 1. The molecule has 0 amide bonds. The Kier molecular flexibility index (Phi) is 5.48. The normalized spacial score (nSPS) is 31.3. The highest BCUT2D eigenvalue weighted by Crippen LogP contribution is 2.55. The summed E-state index contributed by atoms with van der Waals surface area (Å²) in [6, 6.07) is 7.60. The van der Waals surface area contributed by atoms with Gasteiger partial charge in [0.1, 0.15) is 5.75 Å². The number of rotatable bonds is 2. The van der Waals surface area contributed by atoms with Gasteiger partial charge in [0, 0.05) is 24.5 Å². The Morgan fingerprint density at radius 1 is 1.21 bits per heavy atom. The topological polar surface area (TPSA) is 64.5 Å². The predicted molar refractivity (Wildman–Crippen MR) is 99.5 cm³/mol. The van der Waals surface area contributed by atoms with Gasteiger partial charge in [-0.05, 0) is 68.5 Å². The summed E-state index contributed by atoms with van der Waals surface area (Å²) in [5, 5.41) is 0. The van der Waals surface area contributed by atoms with E-state index in [9.17, 15) is 0 Å². The number of ether oxygens (including phenoxy) is 1. The Balaban J connectivity index is 0.000000383. The molecule has 1 aliphatic heterocycles. The van der Waals surface area contributed by atoms with Gasteiger partial charge in [-0.15, -0.1) is 0 Å². The number of hydrogen-bond donors (Lipinski definition) is 2. The summed E-state index contributed by atoms with van der Waals surface area (Å²) < 4.78 is 5.51. The molecule has 134 valence electrons. The Morgan fingerprint density at radius 3 is 2.71 bits per heavy atom. The van der Waals surface area contributed by atoms with Crippen molar-refractivity contribution in [3.05, 3.63) is 29.3 Å². The standard InChI is InChI=1S/C18H25NO.C2H8N2/c1-19-10-9-18-8-4-3-5-15(18)17(19)11-13-6-7-14(20-2)12-16(13)18;3-1-2-4/h6-7,12,15,17H,3-5,8-11H2,1-2H3;1-4H2/t15-,17-,18-;/m1./s1. The van der Waals surface area contributed by atoms with E-state index < -0.39 is 0 Å². The second kappa shape index (κ2) is 7.42. The van der Waals surface area contributed by atoms with Crippen molar-refractivity contribution in [3.8, 4) is 5.75 Å². The van der Waals surface area contributed by atoms with Gasteiger partial charge in [0.2, 0.25) is 0 Å². The lowest BCUT2D eigenvalue weighted by Gasteiger charge is -2.58. The fourth-order valence-electron chi connectivity index (χ4n) is 5.30. The second-order valence-electron chi connectivity index (χ2n) is 7.61. The van der Waals surface area contributed by atoms with Crippen LogP contribution in [0.2, 0.25) is 0 Å². The van der Waals surface area contributed by atoms with E-state index in [0.29, 0.717) is 18.5 Å². The predicted octanol–water partition coefficient (Wildman–Crippen LogP) is 2.29. The smallest absolute Gasteiger partial charge is 0.119 e. The number of benzene rings is 1. The second-order valence-corrected chi connectivity index (χ2v) is 7.61. The van der Waals surface area contributed by atoms with Crippen LogP contribution in [-0.4, -0.2) is 44.7 Å². The number of piperidine rings is 1. The highest BCUT2D eigenvalue weighted by atomic mass is 16.5. The molecule has 24 heavy (non-hydrogen) atoms. The lowest BCUT2D eigenvalue weighted by molar-refractivity contribution is 0.00274. The first-order valence-electron chi connectivity index (χ1n) is 9.44. The van der Waals surface area contributed by atoms with Crippen molar-refractivity contribution in [2.75, 3.05) is 33.8 Å². The molecule has 2 fully saturated rings. The zero-order valence-corrected chi connectivity index (χ0v) is 15.3. The van der Waals surface area contributed by atoms with Gasteiger partial charge in [-0.2, -0.15) is 0 Å². The molecule has 4 N–H and O–H groups in total. The van der Waals surface area contributed by atoms with Gasteiger partial charge in [0.05, 0.1) is 7.11 Å². The van der Waals surface area contributed by atoms with E-state index in [1.165, 1.54) is 45.1 Å². The molecule has 3 atom stereocenters. The Labute approximate surface area is 146 Å². The minimum Gasteiger partial charge on any atom is -0.497 e. The number of methoxy groups -OCH3 is 1. The van der Waals surface area contributed by atoms with Crippen LogP contribution in [0, 0.1) is 5.92 Å². The van der Waals surface area contributed by atoms with Crippen LogP contribution in [-0.2, 0) is 11.8 Å². The van der Waals surface area contributed by atoms with Crippen molar-refractivity contribution < 1.29 is 4.74 Å². The van der Waals surface area contributed by atoms with Crippen LogP contribution >= 0.6 is 0 Å². The maximum atomic E-state index is 5.51. The van der Waals surface area contributed by atoms with Crippen molar-refractivity contribution in [2.45, 2.75) is 50.0 Å². The summed E-state index contributed by atoms with van der Waals surface area (Å²) in [5.74, 6) is 1.91. The van der Waals surface area contributed by atoms with Crippen LogP contribution in [0.25, 0.3) is 0 Å². The van der Waals surface area contributed by atoms with Crippen LogP contribution in [0.15, 0.2) is 18.2 Å². The van der Waals surface area contributed by atoms with Crippen molar-refractivity contribution in [3.63, 3.8) is 0 Å². The Hall–Kier alpha value is -1.10. The fourth-order valence-corrected chi connectivity index (χ4v) is 5.30. The van der Waals surface area contributed by atoms with Gasteiger partial charge in [0.25, 0.3) is 0 Å². The van der Waals surface area contributed by atoms with Gasteiger partial charge in [0.15, 0.2) is 0 Å². The minimum absolute atomic E-state index is 0.456. The molecule has 0 radical (unpaired) electrons. The van der Waals surface area contributed by atoms with Crippen molar-refractivity contribution >= 4 is 0 Å². The number of likely N-dealkylation sites (N-methyl/N-ethyl adjacent to an activating group) is 1. The molecule has 1 aromatic rings. The van der Waals surface area contributed by atoms with E-state index in [0.717, 1.165) is 17.7 Å². The first-order chi connectivity index (χ1) is 11.7. The molecule has 3 aliphatic rings. The van der Waals surface area contributed by atoms with Crippen molar-refractivity contribution in [1.29, 1.82) is 0 Å². The zero-order chi connectivity index (χ0) is 17.2. The SMILES string of the molecule is COc1ccc2c(c1)[C@@]13CCCC[C@@H]1[C@@H](C2)N(C)CC3.NCCN. The van der Waals surface area contributed by atoms with Crippen molar-refractivity contribution in [2.24, 2.45) is 17.4 Å². The third kappa shape index (κ3) is 2.96. The van der Waals surface area contributed by atoms with Crippen LogP contribution < -0.4 is 16.2 Å². The first-order valence-corrected chi connectivity index (χ1v) is 9.44. The van der Waals surface area contributed by atoms with Gasteiger partial charge >= 0.3 is 0 Å². The molecule has 0 aromatic heterocycles. The van der Waals surface area contributed by atoms with Crippen molar-refractivity contribution in [1.82, 2.24) is 4.90 Å². The molecule has 0 spiro atoms. The molecule has 0 unspecified atom stereocenters. The number of nitrogens with two attached hydrogens (primary N) is 2. The van der Waals surface area contributed by atoms with Gasteiger partial charge in [-0.1, -0.05) is 18.9 Å². The van der Waals surface area contributed by atoms with E-state index >= 15 is 0 Å². The van der Waals surface area contributed by atoms with E-state index in [-0.39, 0.29) is 0 Å². The highest BCUT2D eigenvalue weighted by molar-refractivity contribution is 5.45. The van der Waals surface area contributed by atoms with Crippen LogP contribution in [0.5, 0.6) is 5.75 Å². The van der Waals surface area contributed by atoms with E-state index in [2.05, 4.69) is 30.1 Å². The largest absolute Gasteiger partial charge is 0.497 e. The molecular formula is C20H33N3O. The molecule has 1 aromatic carbocycles. The third-order valence-corrected chi connectivity index (χ3v) is 6.49. The molecule has 2 aliphatic carbocycles. The Morgan fingerprint density at radius 2 is 2.00 bits per heavy atom. The summed E-state index contributed by atoms with van der Waals surface area (Å²) >= 11 is 0. The average Bonchev–Trinajstić information content (AvgIpc) is 2.64. The summed E-state index contributed by atoms with van der Waals surface area (Å²) in [6.45, 7) is 2.46. The summed E-state index contributed by atoms with van der Waals surface area (Å²) in [4.78, 5) is 2.63. The molecule has 4 heteroatoms. The fraction of sp³-hybridized carbons (Fsp3) is 0.700. The zero-order valence-electron chi connectivity index (χ0n) is 15.3. The highest BCUT2D eigenvalue weighted by Gasteiger charge is 2.53. The molecular weight excluding hydrogens is 298 g/mol. The average molecular weight is 332 g/mol. The molecule has 2 bridgehead atoms. The quantitative estimate of drug-likeness (QED) is 0.873. The molecule has 1 saturated carbocycles. The number of likely N-dealkylation sites (tertiary alicyclic amines) is 1. The summed E-state index contributed by atoms with van der Waals surface area (Å²) in [5.41, 5.74) is 13.5. The molecule has 4 nitrogen and oxygen atoms in total. The lowest BCUT2D eigenvalue weighted by Crippen LogP contribution is -2.59. The molecule has 1 saturated heterocycles. The first kappa shape index (κ1) is 17.7. The monoisotopic (exact) mass is 331 g/mol. The van der Waals surface area contributed by atoms with Gasteiger partial charge in [-0.3, -0.25) is 0 Å². The minimum atomic E-state index is 0.456. The van der Waals surface area contributed by atoms with Crippen LogP contribution in [0.4, 0.5) is 0 Å². The third-order valence-electron chi connectivity index (χ3n) is 6.49. The van der Waals surface area contributed by atoms with Crippen LogP contribution in [0.3, 0.4) is 0 Å². The maximum absolute atomic E-state index is 5.51. The number of fused-ring (bicyclic) bond motifs is 1. The Bertz CT molecular complexity index is 560. The molecule has 4 rings (SSSR count). The van der Waals surface area contributed by atoms with E-state index in [4.69, 9.17) is 16.2 Å².